The van der Waals surface area contributed by atoms with Gasteiger partial charge in [-0.15, -0.1) is 0 Å². The number of anilines is 1. The predicted octanol–water partition coefficient (Wildman–Crippen LogP) is 4.33. The lowest BCUT2D eigenvalue weighted by atomic mass is 9.93. The summed E-state index contributed by atoms with van der Waals surface area (Å²) in [5, 5.41) is 7.54. The molecule has 25 heavy (non-hydrogen) atoms. The summed E-state index contributed by atoms with van der Waals surface area (Å²) in [6.45, 7) is 8.08. The van der Waals surface area contributed by atoms with Gasteiger partial charge >= 0.3 is 0 Å². The average molecular weight is 345 g/mol. The molecule has 0 saturated carbocycles. The molecule has 1 saturated heterocycles. The maximum atomic E-state index is 13.0. The van der Waals surface area contributed by atoms with Crippen LogP contribution in [0.15, 0.2) is 34.9 Å². The van der Waals surface area contributed by atoms with Gasteiger partial charge in [-0.3, -0.25) is 0 Å². The highest BCUT2D eigenvalue weighted by Gasteiger charge is 2.19. The Kier molecular flexibility index (Phi) is 6.08. The fourth-order valence-corrected chi connectivity index (χ4v) is 3.33. The molecule has 4 nitrogen and oxygen atoms in total. The maximum Gasteiger partial charge on any atom is 0.150 e. The van der Waals surface area contributed by atoms with Gasteiger partial charge in [0.1, 0.15) is 5.82 Å². The summed E-state index contributed by atoms with van der Waals surface area (Å²) in [5.74, 6) is 1.90. The highest BCUT2D eigenvalue weighted by Crippen LogP contribution is 2.25. The molecule has 2 aromatic rings. The zero-order valence-corrected chi connectivity index (χ0v) is 15.2. The van der Waals surface area contributed by atoms with Crippen LogP contribution in [0.25, 0.3) is 0 Å². The Bertz CT molecular complexity index is 645. The van der Waals surface area contributed by atoms with Gasteiger partial charge in [0.05, 0.1) is 12.2 Å². The van der Waals surface area contributed by atoms with Crippen LogP contribution in [0.1, 0.15) is 50.5 Å². The number of nitrogens with zero attached hydrogens (tertiary/aromatic N) is 2. The van der Waals surface area contributed by atoms with Crippen molar-refractivity contribution >= 4 is 5.69 Å². The SMILES string of the molecule is CC(C)c1cc(CNCCC2CCN(c3ccc(F)cc3)CC2)on1. The van der Waals surface area contributed by atoms with Gasteiger partial charge in [0.25, 0.3) is 0 Å². The number of rotatable bonds is 7. The first-order valence-electron chi connectivity index (χ1n) is 9.28. The van der Waals surface area contributed by atoms with Crippen LogP contribution in [0.2, 0.25) is 0 Å². The van der Waals surface area contributed by atoms with Crippen molar-refractivity contribution in [2.45, 2.75) is 45.6 Å². The Hall–Kier alpha value is -1.88. The van der Waals surface area contributed by atoms with Crippen LogP contribution in [0, 0.1) is 11.7 Å². The molecule has 0 amide bonds. The third-order valence-electron chi connectivity index (χ3n) is 5.00. The largest absolute Gasteiger partial charge is 0.372 e. The molecule has 0 atom stereocenters. The molecule has 1 aliphatic heterocycles. The van der Waals surface area contributed by atoms with Gasteiger partial charge in [-0.2, -0.15) is 0 Å². The van der Waals surface area contributed by atoms with Gasteiger partial charge < -0.3 is 14.7 Å². The van der Waals surface area contributed by atoms with Crippen molar-refractivity contribution in [3.63, 3.8) is 0 Å². The Morgan fingerprint density at radius 3 is 2.60 bits per heavy atom. The van der Waals surface area contributed by atoms with Crippen molar-refractivity contribution in [3.05, 3.63) is 47.6 Å². The van der Waals surface area contributed by atoms with E-state index in [-0.39, 0.29) is 5.82 Å². The second-order valence-electron chi connectivity index (χ2n) is 7.25. The number of hydrogen-bond acceptors (Lipinski definition) is 4. The molecule has 0 unspecified atom stereocenters. The quantitative estimate of drug-likeness (QED) is 0.758. The predicted molar refractivity (Wildman–Crippen MR) is 98.3 cm³/mol. The number of benzene rings is 1. The smallest absolute Gasteiger partial charge is 0.150 e. The Morgan fingerprint density at radius 2 is 1.96 bits per heavy atom. The van der Waals surface area contributed by atoms with Crippen LogP contribution in [0.3, 0.4) is 0 Å². The first-order valence-corrected chi connectivity index (χ1v) is 9.28. The lowest BCUT2D eigenvalue weighted by Gasteiger charge is -2.33. The summed E-state index contributed by atoms with van der Waals surface area (Å²) in [6.07, 6.45) is 3.57. The third kappa shape index (κ3) is 5.05. The van der Waals surface area contributed by atoms with E-state index in [1.165, 1.54) is 19.3 Å². The fourth-order valence-electron chi connectivity index (χ4n) is 3.33. The van der Waals surface area contributed by atoms with Crippen LogP contribution in [0.4, 0.5) is 10.1 Å². The van der Waals surface area contributed by atoms with Crippen LogP contribution >= 0.6 is 0 Å². The molecule has 136 valence electrons. The van der Waals surface area contributed by atoms with Crippen molar-refractivity contribution in [1.29, 1.82) is 0 Å². The van der Waals surface area contributed by atoms with Crippen molar-refractivity contribution in [2.24, 2.45) is 5.92 Å². The summed E-state index contributed by atoms with van der Waals surface area (Å²) >= 11 is 0. The average Bonchev–Trinajstić information content (AvgIpc) is 3.09. The normalized spacial score (nSPS) is 15.9. The van der Waals surface area contributed by atoms with E-state index in [0.29, 0.717) is 5.92 Å². The van der Waals surface area contributed by atoms with Gasteiger partial charge in [0.2, 0.25) is 0 Å². The Balaban J connectivity index is 1.34. The van der Waals surface area contributed by atoms with Gasteiger partial charge in [-0.25, -0.2) is 4.39 Å². The van der Waals surface area contributed by atoms with Gasteiger partial charge in [0.15, 0.2) is 5.76 Å². The molecule has 5 heteroatoms. The first-order chi connectivity index (χ1) is 12.1. The zero-order valence-electron chi connectivity index (χ0n) is 15.2. The Labute approximate surface area is 149 Å². The number of hydrogen-bond donors (Lipinski definition) is 1. The zero-order chi connectivity index (χ0) is 17.6. The second kappa shape index (κ2) is 8.48. The Morgan fingerprint density at radius 1 is 1.24 bits per heavy atom. The minimum Gasteiger partial charge on any atom is -0.372 e. The van der Waals surface area contributed by atoms with Crippen LogP contribution < -0.4 is 10.2 Å². The third-order valence-corrected chi connectivity index (χ3v) is 5.00. The van der Waals surface area contributed by atoms with Gasteiger partial charge in [-0.05, 0) is 61.9 Å². The standard InChI is InChI=1S/C20H28FN3O/c1-15(2)20-13-19(25-23-20)14-22-10-7-16-8-11-24(12-9-16)18-5-3-17(21)4-6-18/h3-6,13,15-16,22H,7-12,14H2,1-2H3. The topological polar surface area (TPSA) is 41.3 Å². The van der Waals surface area contributed by atoms with Crippen LogP contribution in [-0.2, 0) is 6.54 Å². The monoisotopic (exact) mass is 345 g/mol. The fraction of sp³-hybridized carbons (Fsp3) is 0.550. The van der Waals surface area contributed by atoms with Crippen molar-refractivity contribution in [2.75, 3.05) is 24.5 Å². The molecule has 1 fully saturated rings. The molecule has 1 aromatic heterocycles. The number of aromatic nitrogens is 1. The van der Waals surface area contributed by atoms with Gasteiger partial charge in [0, 0.05) is 24.8 Å². The molecule has 0 aliphatic carbocycles. The highest BCUT2D eigenvalue weighted by molar-refractivity contribution is 5.46. The van der Waals surface area contributed by atoms with Crippen LogP contribution in [0.5, 0.6) is 0 Å². The van der Waals surface area contributed by atoms with E-state index in [1.54, 1.807) is 12.1 Å². The molecule has 0 spiro atoms. The summed E-state index contributed by atoms with van der Waals surface area (Å²) < 4.78 is 18.4. The second-order valence-corrected chi connectivity index (χ2v) is 7.25. The molecular weight excluding hydrogens is 317 g/mol. The minimum absolute atomic E-state index is 0.169. The van der Waals surface area contributed by atoms with E-state index in [2.05, 4.69) is 29.2 Å². The minimum atomic E-state index is -0.169. The number of nitrogens with one attached hydrogen (secondary N) is 1. The van der Waals surface area contributed by atoms with E-state index < -0.39 is 0 Å². The molecule has 0 bridgehead atoms. The molecule has 1 aliphatic rings. The molecular formula is C20H28FN3O. The van der Waals surface area contributed by atoms with Crippen LogP contribution in [-0.4, -0.2) is 24.8 Å². The highest BCUT2D eigenvalue weighted by atomic mass is 19.1. The summed E-state index contributed by atoms with van der Waals surface area (Å²) in [5.41, 5.74) is 2.15. The molecule has 1 aromatic carbocycles. The van der Waals surface area contributed by atoms with E-state index >= 15 is 0 Å². The maximum absolute atomic E-state index is 13.0. The summed E-state index contributed by atoms with van der Waals surface area (Å²) in [4.78, 5) is 2.35. The summed E-state index contributed by atoms with van der Waals surface area (Å²) in [6, 6.07) is 8.87. The van der Waals surface area contributed by atoms with E-state index in [9.17, 15) is 4.39 Å². The van der Waals surface area contributed by atoms with Crippen molar-refractivity contribution in [3.8, 4) is 0 Å². The number of halogens is 1. The first kappa shape index (κ1) is 17.9. The van der Waals surface area contributed by atoms with Crippen molar-refractivity contribution in [1.82, 2.24) is 10.5 Å². The van der Waals surface area contributed by atoms with E-state index in [1.807, 2.05) is 18.2 Å². The van der Waals surface area contributed by atoms with E-state index in [4.69, 9.17) is 4.52 Å². The molecule has 0 radical (unpaired) electrons. The molecule has 1 N–H and O–H groups in total. The lowest BCUT2D eigenvalue weighted by Crippen LogP contribution is -2.34. The molecule has 2 heterocycles. The van der Waals surface area contributed by atoms with E-state index in [0.717, 1.165) is 49.2 Å². The van der Waals surface area contributed by atoms with Crippen molar-refractivity contribution < 1.29 is 8.91 Å². The van der Waals surface area contributed by atoms with Gasteiger partial charge in [-0.1, -0.05) is 19.0 Å². The lowest BCUT2D eigenvalue weighted by molar-refractivity contribution is 0.349. The number of piperidine rings is 1. The summed E-state index contributed by atoms with van der Waals surface area (Å²) in [7, 11) is 0. The molecule has 3 rings (SSSR count).